The lowest BCUT2D eigenvalue weighted by Crippen LogP contribution is -2.27. The Hall–Kier alpha value is -0.870. The first-order valence-corrected chi connectivity index (χ1v) is 6.27. The molecule has 0 aromatic carbocycles. The van der Waals surface area contributed by atoms with Crippen molar-refractivity contribution in [2.75, 3.05) is 6.61 Å². The van der Waals surface area contributed by atoms with Crippen molar-refractivity contribution >= 4 is 5.97 Å². The van der Waals surface area contributed by atoms with Crippen LogP contribution in [0.3, 0.4) is 0 Å². The summed E-state index contributed by atoms with van der Waals surface area (Å²) in [7, 11) is 0. The molecule has 4 nitrogen and oxygen atoms in total. The van der Waals surface area contributed by atoms with Crippen LogP contribution in [0.1, 0.15) is 46.5 Å². The zero-order chi connectivity index (χ0) is 13.1. The lowest BCUT2D eigenvalue weighted by Gasteiger charge is -2.22. The molecule has 0 aliphatic rings. The SMILES string of the molecule is C=CC(=O)OC(CC)OC(CC)OCCCC. The molecule has 0 bridgehead atoms. The Balaban J connectivity index is 4.02. The number of hydrogen-bond acceptors (Lipinski definition) is 4. The second-order valence-electron chi connectivity index (χ2n) is 3.68. The van der Waals surface area contributed by atoms with Crippen molar-refractivity contribution in [1.29, 1.82) is 0 Å². The van der Waals surface area contributed by atoms with E-state index in [1.165, 1.54) is 0 Å². The van der Waals surface area contributed by atoms with Crippen LogP contribution in [0.4, 0.5) is 0 Å². The van der Waals surface area contributed by atoms with E-state index < -0.39 is 12.3 Å². The van der Waals surface area contributed by atoms with Crippen LogP contribution in [-0.4, -0.2) is 25.2 Å². The van der Waals surface area contributed by atoms with E-state index in [1.807, 2.05) is 13.8 Å². The van der Waals surface area contributed by atoms with Gasteiger partial charge in [0.2, 0.25) is 6.29 Å². The summed E-state index contributed by atoms with van der Waals surface area (Å²) in [6.07, 6.45) is 3.66. The highest BCUT2D eigenvalue weighted by molar-refractivity contribution is 5.81. The summed E-state index contributed by atoms with van der Waals surface area (Å²) in [4.78, 5) is 11.1. The highest BCUT2D eigenvalue weighted by Crippen LogP contribution is 2.10. The fourth-order valence-corrected chi connectivity index (χ4v) is 1.17. The summed E-state index contributed by atoms with van der Waals surface area (Å²) in [6, 6.07) is 0. The van der Waals surface area contributed by atoms with Gasteiger partial charge in [-0.2, -0.15) is 0 Å². The molecule has 0 fully saturated rings. The Morgan fingerprint density at radius 2 is 1.88 bits per heavy atom. The van der Waals surface area contributed by atoms with Crippen LogP contribution < -0.4 is 0 Å². The lowest BCUT2D eigenvalue weighted by atomic mass is 10.3. The normalized spacial score (nSPS) is 14.1. The van der Waals surface area contributed by atoms with E-state index in [9.17, 15) is 4.79 Å². The second-order valence-corrected chi connectivity index (χ2v) is 3.68. The molecule has 0 aliphatic carbocycles. The van der Waals surface area contributed by atoms with Gasteiger partial charge < -0.3 is 14.2 Å². The highest BCUT2D eigenvalue weighted by Gasteiger charge is 2.16. The molecular formula is C13H24O4. The van der Waals surface area contributed by atoms with E-state index in [4.69, 9.17) is 14.2 Å². The van der Waals surface area contributed by atoms with Crippen molar-refractivity contribution in [2.45, 2.75) is 59.0 Å². The first-order chi connectivity index (χ1) is 8.17. The van der Waals surface area contributed by atoms with Crippen LogP contribution in [0.5, 0.6) is 0 Å². The fraction of sp³-hybridized carbons (Fsp3) is 0.769. The molecule has 2 atom stereocenters. The zero-order valence-corrected chi connectivity index (χ0v) is 11.1. The maximum absolute atomic E-state index is 11.1. The van der Waals surface area contributed by atoms with Gasteiger partial charge in [-0.15, -0.1) is 0 Å². The first-order valence-electron chi connectivity index (χ1n) is 6.27. The van der Waals surface area contributed by atoms with Crippen LogP contribution in [0.2, 0.25) is 0 Å². The number of rotatable bonds is 10. The Morgan fingerprint density at radius 3 is 2.35 bits per heavy atom. The van der Waals surface area contributed by atoms with Gasteiger partial charge in [-0.1, -0.05) is 33.8 Å². The average Bonchev–Trinajstić information content (AvgIpc) is 2.36. The Morgan fingerprint density at radius 1 is 1.24 bits per heavy atom. The van der Waals surface area contributed by atoms with Gasteiger partial charge in [-0.25, -0.2) is 4.79 Å². The molecule has 0 saturated carbocycles. The Kier molecular flexibility index (Phi) is 9.77. The van der Waals surface area contributed by atoms with Crippen molar-refractivity contribution < 1.29 is 19.0 Å². The van der Waals surface area contributed by atoms with Crippen molar-refractivity contribution in [3.05, 3.63) is 12.7 Å². The lowest BCUT2D eigenvalue weighted by molar-refractivity contribution is -0.240. The molecule has 4 heteroatoms. The molecule has 100 valence electrons. The third-order valence-electron chi connectivity index (χ3n) is 2.19. The molecule has 0 N–H and O–H groups in total. The van der Waals surface area contributed by atoms with Crippen molar-refractivity contribution in [3.63, 3.8) is 0 Å². The third-order valence-corrected chi connectivity index (χ3v) is 2.19. The average molecular weight is 244 g/mol. The van der Waals surface area contributed by atoms with Gasteiger partial charge in [0.25, 0.3) is 0 Å². The monoisotopic (exact) mass is 244 g/mol. The minimum atomic E-state index is -0.563. The van der Waals surface area contributed by atoms with Gasteiger partial charge >= 0.3 is 5.97 Å². The molecule has 0 heterocycles. The summed E-state index contributed by atoms with van der Waals surface area (Å²) >= 11 is 0. The molecule has 0 aromatic rings. The Bertz CT molecular complexity index is 215. The van der Waals surface area contributed by atoms with Gasteiger partial charge in [-0.3, -0.25) is 0 Å². The maximum atomic E-state index is 11.1. The predicted octanol–water partition coefficient (Wildman–Crippen LogP) is 3.02. The zero-order valence-electron chi connectivity index (χ0n) is 11.1. The molecule has 0 aromatic heterocycles. The highest BCUT2D eigenvalue weighted by atomic mass is 16.8. The third kappa shape index (κ3) is 7.94. The van der Waals surface area contributed by atoms with Gasteiger partial charge in [0, 0.05) is 19.1 Å². The quantitative estimate of drug-likeness (QED) is 0.256. The number of carbonyl (C=O) groups is 1. The van der Waals surface area contributed by atoms with Crippen molar-refractivity contribution in [3.8, 4) is 0 Å². The number of hydrogen-bond donors (Lipinski definition) is 0. The largest absolute Gasteiger partial charge is 0.433 e. The van der Waals surface area contributed by atoms with Crippen LogP contribution in [0.25, 0.3) is 0 Å². The van der Waals surface area contributed by atoms with Gasteiger partial charge in [-0.05, 0) is 12.8 Å². The summed E-state index contributed by atoms with van der Waals surface area (Å²) < 4.78 is 16.1. The molecule has 0 saturated heterocycles. The Labute approximate surface area is 104 Å². The van der Waals surface area contributed by atoms with Crippen LogP contribution in [0.15, 0.2) is 12.7 Å². The maximum Gasteiger partial charge on any atom is 0.332 e. The number of ether oxygens (including phenoxy) is 3. The molecule has 2 unspecified atom stereocenters. The smallest absolute Gasteiger partial charge is 0.332 e. The number of carbonyl (C=O) groups excluding carboxylic acids is 1. The minimum absolute atomic E-state index is 0.316. The van der Waals surface area contributed by atoms with Crippen molar-refractivity contribution in [1.82, 2.24) is 0 Å². The van der Waals surface area contributed by atoms with E-state index in [-0.39, 0.29) is 6.29 Å². The molecule has 17 heavy (non-hydrogen) atoms. The summed E-state index contributed by atoms with van der Waals surface area (Å²) in [6.45, 7) is 9.98. The number of esters is 1. The van der Waals surface area contributed by atoms with Crippen molar-refractivity contribution in [2.24, 2.45) is 0 Å². The molecule has 0 amide bonds. The predicted molar refractivity (Wildman–Crippen MR) is 66.4 cm³/mol. The van der Waals surface area contributed by atoms with Gasteiger partial charge in [0.1, 0.15) is 0 Å². The first kappa shape index (κ1) is 16.1. The molecule has 0 spiro atoms. The van der Waals surface area contributed by atoms with Gasteiger partial charge in [0.15, 0.2) is 6.29 Å². The van der Waals surface area contributed by atoms with E-state index in [0.29, 0.717) is 13.0 Å². The van der Waals surface area contributed by atoms with E-state index in [2.05, 4.69) is 13.5 Å². The molecule has 0 aliphatic heterocycles. The summed E-state index contributed by atoms with van der Waals surface area (Å²) in [5.74, 6) is -0.472. The molecule has 0 rings (SSSR count). The van der Waals surface area contributed by atoms with E-state index >= 15 is 0 Å². The standard InChI is InChI=1S/C13H24O4/c1-5-9-10-15-12(7-3)17-13(8-4)16-11(14)6-2/h6,12-13H,2,5,7-10H2,1,3-4H3. The summed E-state index contributed by atoms with van der Waals surface area (Å²) in [5.41, 5.74) is 0. The van der Waals surface area contributed by atoms with E-state index in [1.54, 1.807) is 0 Å². The van der Waals surface area contributed by atoms with Crippen LogP contribution >= 0.6 is 0 Å². The van der Waals surface area contributed by atoms with Crippen LogP contribution in [-0.2, 0) is 19.0 Å². The molecule has 0 radical (unpaired) electrons. The van der Waals surface area contributed by atoms with Crippen LogP contribution in [0, 0.1) is 0 Å². The minimum Gasteiger partial charge on any atom is -0.433 e. The molecular weight excluding hydrogens is 220 g/mol. The number of unbranched alkanes of at least 4 members (excludes halogenated alkanes) is 1. The topological polar surface area (TPSA) is 44.8 Å². The second kappa shape index (κ2) is 10.3. The fourth-order valence-electron chi connectivity index (χ4n) is 1.17. The summed E-state index contributed by atoms with van der Waals surface area (Å²) in [5, 5.41) is 0. The van der Waals surface area contributed by atoms with E-state index in [0.717, 1.165) is 25.3 Å². The van der Waals surface area contributed by atoms with Gasteiger partial charge in [0.05, 0.1) is 0 Å².